The van der Waals surface area contributed by atoms with Gasteiger partial charge in [0.05, 0.1) is 12.3 Å². The zero-order valence-corrected chi connectivity index (χ0v) is 14.3. The molecule has 0 bridgehead atoms. The lowest BCUT2D eigenvalue weighted by Crippen LogP contribution is -2.25. The van der Waals surface area contributed by atoms with Crippen LogP contribution >= 0.6 is 0 Å². The number of nitrogens with zero attached hydrogens (tertiary/aromatic N) is 3. The molecule has 126 valence electrons. The summed E-state index contributed by atoms with van der Waals surface area (Å²) in [5, 5.41) is 0. The standard InChI is InChI=1S/C19H23N3O2/c1-13-20-17-12-24-18-6-4-3-5-15(18)9-16(17)19(21-13)22-8-7-14(10-22)11-23-2/h3-6,14H,7-12H2,1-2H3/t14-/m0/s1. The van der Waals surface area contributed by atoms with E-state index in [1.807, 2.05) is 19.1 Å². The zero-order valence-electron chi connectivity index (χ0n) is 14.3. The molecule has 0 N–H and O–H groups in total. The molecule has 0 spiro atoms. The lowest BCUT2D eigenvalue weighted by Gasteiger charge is -2.22. The highest BCUT2D eigenvalue weighted by Gasteiger charge is 2.28. The molecule has 2 aromatic rings. The van der Waals surface area contributed by atoms with Gasteiger partial charge < -0.3 is 14.4 Å². The van der Waals surface area contributed by atoms with E-state index in [4.69, 9.17) is 14.5 Å². The first-order chi connectivity index (χ1) is 11.7. The molecule has 1 saturated heterocycles. The van der Waals surface area contributed by atoms with E-state index >= 15 is 0 Å². The van der Waals surface area contributed by atoms with Crippen LogP contribution in [0.2, 0.25) is 0 Å². The van der Waals surface area contributed by atoms with Crippen molar-refractivity contribution in [2.75, 3.05) is 31.7 Å². The summed E-state index contributed by atoms with van der Waals surface area (Å²) in [6.07, 6.45) is 1.98. The molecule has 0 radical (unpaired) electrons. The molecule has 1 atom stereocenters. The highest BCUT2D eigenvalue weighted by atomic mass is 16.5. The average molecular weight is 325 g/mol. The topological polar surface area (TPSA) is 47.5 Å². The van der Waals surface area contributed by atoms with E-state index in [1.165, 1.54) is 11.1 Å². The molecular weight excluding hydrogens is 302 g/mol. The number of ether oxygens (including phenoxy) is 2. The number of hydrogen-bond acceptors (Lipinski definition) is 5. The lowest BCUT2D eigenvalue weighted by molar-refractivity contribution is 0.161. The van der Waals surface area contributed by atoms with Crippen molar-refractivity contribution in [3.8, 4) is 5.75 Å². The molecule has 2 aliphatic rings. The molecule has 1 fully saturated rings. The average Bonchev–Trinajstić information content (AvgIpc) is 2.96. The van der Waals surface area contributed by atoms with Gasteiger partial charge in [0.1, 0.15) is 24.0 Å². The van der Waals surface area contributed by atoms with Crippen LogP contribution in [0.5, 0.6) is 5.75 Å². The van der Waals surface area contributed by atoms with Crippen molar-refractivity contribution in [3.05, 3.63) is 46.9 Å². The number of benzene rings is 1. The summed E-state index contributed by atoms with van der Waals surface area (Å²) in [6, 6.07) is 8.24. The number of rotatable bonds is 3. The van der Waals surface area contributed by atoms with Crippen molar-refractivity contribution in [1.29, 1.82) is 0 Å². The summed E-state index contributed by atoms with van der Waals surface area (Å²) < 4.78 is 11.3. The van der Waals surface area contributed by atoms with Crippen molar-refractivity contribution < 1.29 is 9.47 Å². The van der Waals surface area contributed by atoms with Gasteiger partial charge in [-0.25, -0.2) is 9.97 Å². The third-order valence-electron chi connectivity index (χ3n) is 4.87. The monoisotopic (exact) mass is 325 g/mol. The predicted molar refractivity (Wildman–Crippen MR) is 92.5 cm³/mol. The van der Waals surface area contributed by atoms with E-state index in [0.717, 1.165) is 55.6 Å². The van der Waals surface area contributed by atoms with Crippen LogP contribution < -0.4 is 9.64 Å². The van der Waals surface area contributed by atoms with Crippen LogP contribution in [0, 0.1) is 12.8 Å². The third kappa shape index (κ3) is 2.84. The molecule has 3 heterocycles. The van der Waals surface area contributed by atoms with E-state index in [9.17, 15) is 0 Å². The largest absolute Gasteiger partial charge is 0.487 e. The van der Waals surface area contributed by atoms with E-state index in [-0.39, 0.29) is 0 Å². The predicted octanol–water partition coefficient (Wildman–Crippen LogP) is 2.74. The van der Waals surface area contributed by atoms with Crippen molar-refractivity contribution in [1.82, 2.24) is 9.97 Å². The summed E-state index contributed by atoms with van der Waals surface area (Å²) in [6.45, 7) is 5.32. The Morgan fingerprint density at radius 1 is 1.29 bits per heavy atom. The molecular formula is C19H23N3O2. The molecule has 0 aliphatic carbocycles. The highest BCUT2D eigenvalue weighted by molar-refractivity contribution is 5.54. The molecule has 24 heavy (non-hydrogen) atoms. The van der Waals surface area contributed by atoms with Crippen LogP contribution in [0.25, 0.3) is 0 Å². The maximum Gasteiger partial charge on any atom is 0.136 e. The van der Waals surface area contributed by atoms with Gasteiger partial charge in [-0.1, -0.05) is 18.2 Å². The number of methoxy groups -OCH3 is 1. The molecule has 0 amide bonds. The second-order valence-corrected chi connectivity index (χ2v) is 6.65. The number of anilines is 1. The Kier molecular flexibility index (Phi) is 4.10. The molecule has 1 aromatic carbocycles. The highest BCUT2D eigenvalue weighted by Crippen LogP contribution is 2.34. The van der Waals surface area contributed by atoms with Gasteiger partial charge in [-0.3, -0.25) is 0 Å². The van der Waals surface area contributed by atoms with Crippen LogP contribution in [-0.4, -0.2) is 36.8 Å². The second-order valence-electron chi connectivity index (χ2n) is 6.65. The van der Waals surface area contributed by atoms with Gasteiger partial charge in [0.25, 0.3) is 0 Å². The molecule has 5 nitrogen and oxygen atoms in total. The minimum Gasteiger partial charge on any atom is -0.487 e. The summed E-state index contributed by atoms with van der Waals surface area (Å²) in [4.78, 5) is 11.8. The Bertz CT molecular complexity index is 747. The number of fused-ring (bicyclic) bond motifs is 2. The van der Waals surface area contributed by atoms with Gasteiger partial charge in [-0.2, -0.15) is 0 Å². The quantitative estimate of drug-likeness (QED) is 0.868. The van der Waals surface area contributed by atoms with Gasteiger partial charge in [-0.05, 0) is 25.0 Å². The Balaban J connectivity index is 1.71. The molecule has 0 unspecified atom stereocenters. The van der Waals surface area contributed by atoms with Gasteiger partial charge in [0, 0.05) is 38.1 Å². The Labute approximate surface area is 142 Å². The van der Waals surface area contributed by atoms with Crippen molar-refractivity contribution in [3.63, 3.8) is 0 Å². The third-order valence-corrected chi connectivity index (χ3v) is 4.87. The van der Waals surface area contributed by atoms with Crippen molar-refractivity contribution in [2.45, 2.75) is 26.4 Å². The Hall–Kier alpha value is -2.14. The number of aromatic nitrogens is 2. The van der Waals surface area contributed by atoms with Crippen LogP contribution in [-0.2, 0) is 17.8 Å². The first-order valence-corrected chi connectivity index (χ1v) is 8.55. The van der Waals surface area contributed by atoms with E-state index in [0.29, 0.717) is 12.5 Å². The normalized spacial score (nSPS) is 19.4. The van der Waals surface area contributed by atoms with Crippen LogP contribution in [0.4, 0.5) is 5.82 Å². The molecule has 0 saturated carbocycles. The van der Waals surface area contributed by atoms with E-state index < -0.39 is 0 Å². The zero-order chi connectivity index (χ0) is 16.5. The fraction of sp³-hybridized carbons (Fsp3) is 0.474. The van der Waals surface area contributed by atoms with Gasteiger partial charge >= 0.3 is 0 Å². The minimum absolute atomic E-state index is 0.512. The van der Waals surface area contributed by atoms with E-state index in [2.05, 4.69) is 22.0 Å². The van der Waals surface area contributed by atoms with Crippen LogP contribution in [0.15, 0.2) is 24.3 Å². The van der Waals surface area contributed by atoms with Gasteiger partial charge in [0.15, 0.2) is 0 Å². The van der Waals surface area contributed by atoms with E-state index in [1.54, 1.807) is 7.11 Å². The minimum atomic E-state index is 0.512. The Morgan fingerprint density at radius 3 is 3.04 bits per heavy atom. The molecule has 5 heteroatoms. The summed E-state index contributed by atoms with van der Waals surface area (Å²) in [7, 11) is 1.78. The Morgan fingerprint density at radius 2 is 2.17 bits per heavy atom. The summed E-state index contributed by atoms with van der Waals surface area (Å²) in [5.74, 6) is 3.43. The van der Waals surface area contributed by atoms with Crippen molar-refractivity contribution in [2.24, 2.45) is 5.92 Å². The van der Waals surface area contributed by atoms with Crippen molar-refractivity contribution >= 4 is 5.82 Å². The fourth-order valence-electron chi connectivity index (χ4n) is 3.72. The second kappa shape index (κ2) is 6.40. The van der Waals surface area contributed by atoms with Gasteiger partial charge in [0.2, 0.25) is 0 Å². The summed E-state index contributed by atoms with van der Waals surface area (Å²) in [5.41, 5.74) is 3.44. The summed E-state index contributed by atoms with van der Waals surface area (Å²) >= 11 is 0. The molecule has 1 aromatic heterocycles. The maximum absolute atomic E-state index is 5.98. The molecule has 4 rings (SSSR count). The van der Waals surface area contributed by atoms with Gasteiger partial charge in [-0.15, -0.1) is 0 Å². The fourth-order valence-corrected chi connectivity index (χ4v) is 3.72. The number of para-hydroxylation sites is 1. The first-order valence-electron chi connectivity index (χ1n) is 8.55. The van der Waals surface area contributed by atoms with Crippen LogP contribution in [0.1, 0.15) is 29.1 Å². The maximum atomic E-state index is 5.98. The SMILES string of the molecule is COC[C@H]1CCN(c2nc(C)nc3c2Cc2ccccc2OC3)C1. The number of aryl methyl sites for hydroxylation is 1. The van der Waals surface area contributed by atoms with Crippen LogP contribution in [0.3, 0.4) is 0 Å². The smallest absolute Gasteiger partial charge is 0.136 e. The lowest BCUT2D eigenvalue weighted by atomic mass is 10.0. The molecule has 2 aliphatic heterocycles. The first kappa shape index (κ1) is 15.4. The number of hydrogen-bond donors (Lipinski definition) is 0.